The number of amides is 1. The molecular formula is C30H39F2N3O7S. The summed E-state index contributed by atoms with van der Waals surface area (Å²) in [6.45, 7) is 4.40. The number of alkyl carbamates (subject to hydrolysis) is 1. The molecule has 1 aliphatic carbocycles. The number of nitrogen functional groups attached to an aromatic ring is 1. The number of hydrogen-bond acceptors (Lipinski definition) is 8. The fourth-order valence-corrected chi connectivity index (χ4v) is 8.17. The molecule has 0 bridgehead atoms. The lowest BCUT2D eigenvalue weighted by Gasteiger charge is -2.33. The Morgan fingerprint density at radius 1 is 1.14 bits per heavy atom. The largest absolute Gasteiger partial charge is 0.446 e. The Balaban J connectivity index is 1.35. The standard InChI is InChI=1S/C30H39F2N3O7S/c1-17(2)14-35(43(38,39)23-5-3-22(33)4-6-23)15-26(36)25(11-18-9-20(31)13-21(32)10-18)34-30(37)42-27-12-19-16-41-29-28(19)24(27)7-8-40-29/h3-6,9-10,13,17,19,24-29,36H,7-8,11-12,14-16,33H2,1-2H3,(H,34,37)/t19?,24?,25-,26+,27+,28-,29-/m0/s1. The van der Waals surface area contributed by atoms with Gasteiger partial charge in [0.2, 0.25) is 10.0 Å². The molecule has 2 aliphatic heterocycles. The van der Waals surface area contributed by atoms with Crippen LogP contribution in [0.4, 0.5) is 19.3 Å². The molecule has 236 valence electrons. The van der Waals surface area contributed by atoms with Crippen LogP contribution in [0.2, 0.25) is 0 Å². The molecule has 2 unspecified atom stereocenters. The second-order valence-electron chi connectivity index (χ2n) is 12.1. The second kappa shape index (κ2) is 13.0. The third-order valence-corrected chi connectivity index (χ3v) is 10.3. The third kappa shape index (κ3) is 7.28. The number of nitrogens with one attached hydrogen (secondary N) is 1. The van der Waals surface area contributed by atoms with Crippen LogP contribution in [0.5, 0.6) is 0 Å². The molecule has 3 fully saturated rings. The highest BCUT2D eigenvalue weighted by Crippen LogP contribution is 2.50. The van der Waals surface area contributed by atoms with E-state index in [0.29, 0.717) is 25.3 Å². The molecule has 2 heterocycles. The Kier molecular flexibility index (Phi) is 9.57. The number of nitrogens with zero attached hydrogens (tertiary/aromatic N) is 1. The summed E-state index contributed by atoms with van der Waals surface area (Å²) in [5.41, 5.74) is 6.31. The molecule has 2 aromatic rings. The molecule has 10 nitrogen and oxygen atoms in total. The van der Waals surface area contributed by atoms with Gasteiger partial charge in [0.15, 0.2) is 6.29 Å². The SMILES string of the molecule is CC(C)CN(C[C@@H](O)[C@H](Cc1cc(F)cc(F)c1)NC(=O)O[C@@H]1CC2CO[C@@H]3OCCC1[C@H]23)S(=O)(=O)c1ccc(N)cc1. The van der Waals surface area contributed by atoms with E-state index in [1.807, 2.05) is 13.8 Å². The highest BCUT2D eigenvalue weighted by molar-refractivity contribution is 7.89. The van der Waals surface area contributed by atoms with Gasteiger partial charge in [-0.3, -0.25) is 0 Å². The number of nitrogens with two attached hydrogens (primary N) is 1. The van der Waals surface area contributed by atoms with Crippen molar-refractivity contribution in [2.24, 2.45) is 23.7 Å². The minimum absolute atomic E-state index is 0.00352. The fourth-order valence-electron chi connectivity index (χ4n) is 6.55. The van der Waals surface area contributed by atoms with Crippen LogP contribution < -0.4 is 11.1 Å². The number of carbonyl (C=O) groups excluding carboxylic acids is 1. The van der Waals surface area contributed by atoms with Gasteiger partial charge in [-0.25, -0.2) is 22.0 Å². The van der Waals surface area contributed by atoms with Crippen LogP contribution in [-0.2, 0) is 30.7 Å². The Bertz CT molecular complexity index is 1370. The van der Waals surface area contributed by atoms with Crippen molar-refractivity contribution in [3.05, 3.63) is 59.7 Å². The monoisotopic (exact) mass is 623 g/mol. The van der Waals surface area contributed by atoms with Crippen molar-refractivity contribution in [2.45, 2.75) is 62.5 Å². The van der Waals surface area contributed by atoms with Crippen molar-refractivity contribution in [3.8, 4) is 0 Å². The van der Waals surface area contributed by atoms with Gasteiger partial charge in [-0.1, -0.05) is 13.8 Å². The highest BCUT2D eigenvalue weighted by atomic mass is 32.2. The topological polar surface area (TPSA) is 140 Å². The first-order valence-electron chi connectivity index (χ1n) is 14.6. The molecule has 43 heavy (non-hydrogen) atoms. The molecule has 3 aliphatic rings. The van der Waals surface area contributed by atoms with Gasteiger partial charge in [0, 0.05) is 36.7 Å². The number of anilines is 1. The van der Waals surface area contributed by atoms with E-state index >= 15 is 0 Å². The van der Waals surface area contributed by atoms with E-state index in [4.69, 9.17) is 19.9 Å². The summed E-state index contributed by atoms with van der Waals surface area (Å²) < 4.78 is 73.7. The average Bonchev–Trinajstić information content (AvgIpc) is 3.50. The zero-order chi connectivity index (χ0) is 30.9. The maximum atomic E-state index is 14.0. The summed E-state index contributed by atoms with van der Waals surface area (Å²) in [5.74, 6) is -1.29. The zero-order valence-electron chi connectivity index (χ0n) is 24.2. The first kappa shape index (κ1) is 31.6. The fraction of sp³-hybridized carbons (Fsp3) is 0.567. The summed E-state index contributed by atoms with van der Waals surface area (Å²) in [5, 5.41) is 14.1. The number of carbonyl (C=O) groups is 1. The molecule has 4 N–H and O–H groups in total. The quantitative estimate of drug-likeness (QED) is 0.324. The van der Waals surface area contributed by atoms with E-state index in [1.54, 1.807) is 0 Å². The van der Waals surface area contributed by atoms with Crippen LogP contribution in [0.15, 0.2) is 47.4 Å². The van der Waals surface area contributed by atoms with Crippen molar-refractivity contribution in [2.75, 3.05) is 32.0 Å². The average molecular weight is 624 g/mol. The molecule has 5 rings (SSSR count). The zero-order valence-corrected chi connectivity index (χ0v) is 25.0. The minimum atomic E-state index is -4.06. The lowest BCUT2D eigenvalue weighted by Crippen LogP contribution is -2.51. The van der Waals surface area contributed by atoms with Gasteiger partial charge in [-0.15, -0.1) is 0 Å². The van der Waals surface area contributed by atoms with Gasteiger partial charge in [0.1, 0.15) is 17.7 Å². The van der Waals surface area contributed by atoms with Crippen molar-refractivity contribution in [3.63, 3.8) is 0 Å². The van der Waals surface area contributed by atoms with E-state index in [-0.39, 0.29) is 66.0 Å². The number of rotatable bonds is 11. The number of halogens is 2. The number of hydrogen-bond donors (Lipinski definition) is 3. The van der Waals surface area contributed by atoms with E-state index < -0.39 is 39.9 Å². The van der Waals surface area contributed by atoms with Crippen LogP contribution in [0.25, 0.3) is 0 Å². The number of sulfonamides is 1. The minimum Gasteiger partial charge on any atom is -0.446 e. The first-order valence-corrected chi connectivity index (χ1v) is 16.0. The lowest BCUT2D eigenvalue weighted by atomic mass is 9.87. The predicted octanol–water partition coefficient (Wildman–Crippen LogP) is 3.29. The van der Waals surface area contributed by atoms with Crippen LogP contribution in [0.1, 0.15) is 32.3 Å². The lowest BCUT2D eigenvalue weighted by molar-refractivity contribution is -0.173. The van der Waals surface area contributed by atoms with Crippen molar-refractivity contribution >= 4 is 21.8 Å². The Labute approximate surface area is 250 Å². The summed E-state index contributed by atoms with van der Waals surface area (Å²) >= 11 is 0. The summed E-state index contributed by atoms with van der Waals surface area (Å²) in [6, 6.07) is 7.52. The van der Waals surface area contributed by atoms with E-state index in [0.717, 1.165) is 28.9 Å². The second-order valence-corrected chi connectivity index (χ2v) is 14.1. The van der Waals surface area contributed by atoms with Crippen molar-refractivity contribution in [1.29, 1.82) is 0 Å². The van der Waals surface area contributed by atoms with Gasteiger partial charge in [-0.2, -0.15) is 4.31 Å². The maximum Gasteiger partial charge on any atom is 0.407 e. The number of aliphatic hydroxyl groups excluding tert-OH is 1. The predicted molar refractivity (Wildman–Crippen MR) is 153 cm³/mol. The number of ether oxygens (including phenoxy) is 3. The molecule has 2 aromatic carbocycles. The van der Waals surface area contributed by atoms with Gasteiger partial charge in [0.25, 0.3) is 0 Å². The molecule has 2 saturated heterocycles. The van der Waals surface area contributed by atoms with Crippen LogP contribution in [0, 0.1) is 35.3 Å². The molecule has 13 heteroatoms. The summed E-state index contributed by atoms with van der Waals surface area (Å²) in [6.07, 6.45) is -1.76. The van der Waals surface area contributed by atoms with E-state index in [9.17, 15) is 27.1 Å². The van der Waals surface area contributed by atoms with Gasteiger partial charge in [0.05, 0.1) is 30.3 Å². The Morgan fingerprint density at radius 3 is 2.51 bits per heavy atom. The van der Waals surface area contributed by atoms with Gasteiger partial charge in [-0.05, 0) is 73.1 Å². The molecule has 7 atom stereocenters. The van der Waals surface area contributed by atoms with Crippen LogP contribution >= 0.6 is 0 Å². The molecule has 0 aromatic heterocycles. The van der Waals surface area contributed by atoms with E-state index in [1.165, 1.54) is 24.3 Å². The normalized spacial score (nSPS) is 26.3. The molecule has 1 saturated carbocycles. The molecule has 0 radical (unpaired) electrons. The van der Waals surface area contributed by atoms with E-state index in [2.05, 4.69) is 5.32 Å². The smallest absolute Gasteiger partial charge is 0.407 e. The summed E-state index contributed by atoms with van der Waals surface area (Å²) in [4.78, 5) is 13.2. The Hall–Kier alpha value is -2.84. The van der Waals surface area contributed by atoms with Gasteiger partial charge >= 0.3 is 6.09 Å². The van der Waals surface area contributed by atoms with Crippen molar-refractivity contribution < 1.29 is 41.3 Å². The number of aliphatic hydroxyl groups is 1. The molecular weight excluding hydrogens is 584 g/mol. The Morgan fingerprint density at radius 2 is 1.84 bits per heavy atom. The maximum absolute atomic E-state index is 14.0. The first-order chi connectivity index (χ1) is 20.4. The third-order valence-electron chi connectivity index (χ3n) is 8.45. The van der Waals surface area contributed by atoms with Crippen LogP contribution in [0.3, 0.4) is 0 Å². The molecule has 1 amide bonds. The van der Waals surface area contributed by atoms with Crippen LogP contribution in [-0.4, -0.2) is 74.8 Å². The highest BCUT2D eigenvalue weighted by Gasteiger charge is 2.55. The molecule has 0 spiro atoms. The van der Waals surface area contributed by atoms with Crippen molar-refractivity contribution in [1.82, 2.24) is 9.62 Å². The van der Waals surface area contributed by atoms with Gasteiger partial charge < -0.3 is 30.4 Å². The summed E-state index contributed by atoms with van der Waals surface area (Å²) in [7, 11) is -4.06. The number of benzene rings is 2.